The highest BCUT2D eigenvalue weighted by atomic mass is 19.4. The first-order valence-electron chi connectivity index (χ1n) is 10.1. The van der Waals surface area contributed by atoms with Crippen LogP contribution < -0.4 is 4.74 Å². The number of alkyl halides is 3. The molecule has 7 heteroatoms. The molecular formula is C21H27F3N2O2. The summed E-state index contributed by atoms with van der Waals surface area (Å²) in [5.74, 6) is 1.41. The van der Waals surface area contributed by atoms with Crippen molar-refractivity contribution in [1.82, 2.24) is 9.47 Å². The third kappa shape index (κ3) is 4.81. The number of hydrogen-bond donors (Lipinski definition) is 0. The molecule has 0 spiro atoms. The lowest BCUT2D eigenvalue weighted by molar-refractivity contribution is -0.139. The third-order valence-corrected chi connectivity index (χ3v) is 5.81. The summed E-state index contributed by atoms with van der Waals surface area (Å²) in [4.78, 5) is 2.51. The van der Waals surface area contributed by atoms with E-state index in [4.69, 9.17) is 9.47 Å². The number of fused-ring (bicyclic) bond motifs is 1. The van der Waals surface area contributed by atoms with Crippen molar-refractivity contribution in [3.8, 4) is 5.75 Å². The summed E-state index contributed by atoms with van der Waals surface area (Å²) >= 11 is 0. The molecule has 2 fully saturated rings. The Morgan fingerprint density at radius 2 is 1.79 bits per heavy atom. The van der Waals surface area contributed by atoms with Crippen LogP contribution in [0.5, 0.6) is 5.75 Å². The SMILES string of the molecule is FC(F)(F)Cn1ccc2c(OC3CCN(CC4CCOCC4)CC3)cccc21. The predicted molar refractivity (Wildman–Crippen MR) is 102 cm³/mol. The Labute approximate surface area is 163 Å². The summed E-state index contributed by atoms with van der Waals surface area (Å²) in [6, 6.07) is 7.06. The Hall–Kier alpha value is -1.73. The van der Waals surface area contributed by atoms with Crippen molar-refractivity contribution in [2.75, 3.05) is 32.8 Å². The van der Waals surface area contributed by atoms with Crippen LogP contribution in [0.1, 0.15) is 25.7 Å². The molecule has 0 N–H and O–H groups in total. The lowest BCUT2D eigenvalue weighted by atomic mass is 9.98. The van der Waals surface area contributed by atoms with Gasteiger partial charge in [-0.2, -0.15) is 13.2 Å². The van der Waals surface area contributed by atoms with Gasteiger partial charge in [0.15, 0.2) is 0 Å². The number of halogens is 3. The van der Waals surface area contributed by atoms with E-state index >= 15 is 0 Å². The zero-order valence-corrected chi connectivity index (χ0v) is 16.0. The summed E-state index contributed by atoms with van der Waals surface area (Å²) in [6.45, 7) is 3.92. The molecule has 1 aromatic heterocycles. The molecule has 0 bridgehead atoms. The molecule has 2 aliphatic rings. The number of benzene rings is 1. The van der Waals surface area contributed by atoms with Gasteiger partial charge in [0.05, 0.1) is 5.52 Å². The summed E-state index contributed by atoms with van der Waals surface area (Å²) in [7, 11) is 0. The highest BCUT2D eigenvalue weighted by Gasteiger charge is 2.29. The minimum Gasteiger partial charge on any atom is -0.490 e. The van der Waals surface area contributed by atoms with Gasteiger partial charge in [0.2, 0.25) is 0 Å². The van der Waals surface area contributed by atoms with Crippen LogP contribution in [0.25, 0.3) is 10.9 Å². The Bertz CT molecular complexity index is 776. The molecule has 0 radical (unpaired) electrons. The lowest BCUT2D eigenvalue weighted by Crippen LogP contribution is -2.41. The van der Waals surface area contributed by atoms with Crippen molar-refractivity contribution < 1.29 is 22.6 Å². The first kappa shape index (κ1) is 19.6. The van der Waals surface area contributed by atoms with Crippen molar-refractivity contribution >= 4 is 10.9 Å². The monoisotopic (exact) mass is 396 g/mol. The summed E-state index contributed by atoms with van der Waals surface area (Å²) < 4.78 is 51.2. The van der Waals surface area contributed by atoms with Gasteiger partial charge in [-0.1, -0.05) is 6.07 Å². The van der Waals surface area contributed by atoms with Crippen molar-refractivity contribution in [2.45, 2.75) is 44.5 Å². The van der Waals surface area contributed by atoms with Crippen molar-refractivity contribution in [3.05, 3.63) is 30.5 Å². The number of likely N-dealkylation sites (tertiary alicyclic amines) is 1. The van der Waals surface area contributed by atoms with Gasteiger partial charge >= 0.3 is 6.18 Å². The number of hydrogen-bond acceptors (Lipinski definition) is 3. The maximum Gasteiger partial charge on any atom is 0.406 e. The van der Waals surface area contributed by atoms with E-state index in [0.29, 0.717) is 11.3 Å². The molecule has 4 nitrogen and oxygen atoms in total. The van der Waals surface area contributed by atoms with E-state index in [9.17, 15) is 13.2 Å². The highest BCUT2D eigenvalue weighted by molar-refractivity contribution is 5.86. The predicted octanol–water partition coefficient (Wildman–Crippen LogP) is 4.47. The van der Waals surface area contributed by atoms with E-state index < -0.39 is 12.7 Å². The largest absolute Gasteiger partial charge is 0.490 e. The van der Waals surface area contributed by atoms with Gasteiger partial charge in [0.1, 0.15) is 18.4 Å². The van der Waals surface area contributed by atoms with Crippen LogP contribution in [-0.4, -0.2) is 54.6 Å². The fourth-order valence-corrected chi connectivity index (χ4v) is 4.31. The first-order chi connectivity index (χ1) is 13.5. The third-order valence-electron chi connectivity index (χ3n) is 5.81. The van der Waals surface area contributed by atoms with E-state index in [1.807, 2.05) is 6.07 Å². The molecular weight excluding hydrogens is 369 g/mol. The molecule has 0 saturated carbocycles. The number of piperidine rings is 1. The second-order valence-corrected chi connectivity index (χ2v) is 7.92. The van der Waals surface area contributed by atoms with Gasteiger partial charge < -0.3 is 18.9 Å². The van der Waals surface area contributed by atoms with Crippen LogP contribution in [-0.2, 0) is 11.3 Å². The molecule has 2 aliphatic heterocycles. The van der Waals surface area contributed by atoms with Crippen LogP contribution >= 0.6 is 0 Å². The van der Waals surface area contributed by atoms with Crippen LogP contribution in [0.4, 0.5) is 13.2 Å². The van der Waals surface area contributed by atoms with Gasteiger partial charge in [-0.05, 0) is 49.8 Å². The van der Waals surface area contributed by atoms with Crippen LogP contribution in [0.2, 0.25) is 0 Å². The number of aromatic nitrogens is 1. The molecule has 28 heavy (non-hydrogen) atoms. The van der Waals surface area contributed by atoms with E-state index in [-0.39, 0.29) is 6.10 Å². The van der Waals surface area contributed by atoms with Gasteiger partial charge in [-0.25, -0.2) is 0 Å². The smallest absolute Gasteiger partial charge is 0.406 e. The summed E-state index contributed by atoms with van der Waals surface area (Å²) in [5, 5.41) is 0.747. The van der Waals surface area contributed by atoms with Crippen LogP contribution in [0, 0.1) is 5.92 Å². The minimum atomic E-state index is -4.24. The number of ether oxygens (including phenoxy) is 2. The van der Waals surface area contributed by atoms with E-state index in [1.165, 1.54) is 10.8 Å². The Morgan fingerprint density at radius 3 is 2.50 bits per heavy atom. The van der Waals surface area contributed by atoms with Crippen LogP contribution in [0.3, 0.4) is 0 Å². The zero-order valence-electron chi connectivity index (χ0n) is 16.0. The minimum absolute atomic E-state index is 0.113. The maximum absolute atomic E-state index is 12.8. The number of rotatable bonds is 5. The molecule has 0 unspecified atom stereocenters. The second-order valence-electron chi connectivity index (χ2n) is 7.92. The number of nitrogens with zero attached hydrogens (tertiary/aromatic N) is 2. The summed E-state index contributed by atoms with van der Waals surface area (Å²) in [5.41, 5.74) is 0.562. The van der Waals surface area contributed by atoms with Gasteiger partial charge in [0.25, 0.3) is 0 Å². The van der Waals surface area contributed by atoms with E-state index in [1.54, 1.807) is 18.2 Å². The van der Waals surface area contributed by atoms with E-state index in [0.717, 1.165) is 69.8 Å². The molecule has 2 aromatic rings. The Kier molecular flexibility index (Phi) is 5.83. The normalized spacial score (nSPS) is 20.7. The molecule has 2 saturated heterocycles. The molecule has 0 amide bonds. The topological polar surface area (TPSA) is 26.6 Å². The average molecular weight is 396 g/mol. The molecule has 0 atom stereocenters. The quantitative estimate of drug-likeness (QED) is 0.746. The molecule has 0 aliphatic carbocycles. The molecule has 3 heterocycles. The lowest BCUT2D eigenvalue weighted by Gasteiger charge is -2.35. The fraction of sp³-hybridized carbons (Fsp3) is 0.619. The molecule has 154 valence electrons. The molecule has 4 rings (SSSR count). The van der Waals surface area contributed by atoms with Crippen molar-refractivity contribution in [2.24, 2.45) is 5.92 Å². The van der Waals surface area contributed by atoms with Crippen molar-refractivity contribution in [1.29, 1.82) is 0 Å². The standard InChI is InChI=1S/C21H27F3N2O2/c22-21(23,24)15-26-11-6-18-19(26)2-1-3-20(18)28-17-4-9-25(10-5-17)14-16-7-12-27-13-8-16/h1-3,6,11,16-17H,4-5,7-10,12-15H2. The highest BCUT2D eigenvalue weighted by Crippen LogP contribution is 2.31. The van der Waals surface area contributed by atoms with Gasteiger partial charge in [-0.3, -0.25) is 0 Å². The van der Waals surface area contributed by atoms with E-state index in [2.05, 4.69) is 4.90 Å². The van der Waals surface area contributed by atoms with Gasteiger partial charge in [-0.15, -0.1) is 0 Å². The van der Waals surface area contributed by atoms with Crippen molar-refractivity contribution in [3.63, 3.8) is 0 Å². The average Bonchev–Trinajstić information content (AvgIpc) is 3.06. The summed E-state index contributed by atoms with van der Waals surface area (Å²) in [6.07, 6.45) is 1.55. The maximum atomic E-state index is 12.8. The second kappa shape index (κ2) is 8.33. The first-order valence-corrected chi connectivity index (χ1v) is 10.1. The molecule has 1 aromatic carbocycles. The van der Waals surface area contributed by atoms with Crippen LogP contribution in [0.15, 0.2) is 30.5 Å². The zero-order chi connectivity index (χ0) is 19.6. The van der Waals surface area contributed by atoms with Gasteiger partial charge in [0, 0.05) is 44.4 Å². The Morgan fingerprint density at radius 1 is 1.04 bits per heavy atom. The fourth-order valence-electron chi connectivity index (χ4n) is 4.31. The Balaban J connectivity index is 1.35.